The van der Waals surface area contributed by atoms with Crippen molar-refractivity contribution in [1.29, 1.82) is 0 Å². The Morgan fingerprint density at radius 2 is 2.12 bits per heavy atom. The van der Waals surface area contributed by atoms with E-state index in [1.54, 1.807) is 11.3 Å². The van der Waals surface area contributed by atoms with Gasteiger partial charge in [0.2, 0.25) is 0 Å². The van der Waals surface area contributed by atoms with E-state index in [2.05, 4.69) is 51.2 Å². The van der Waals surface area contributed by atoms with Gasteiger partial charge in [-0.3, -0.25) is 9.89 Å². The Bertz CT molecular complexity index is 490. The molecule has 0 spiro atoms. The van der Waals surface area contributed by atoms with E-state index >= 15 is 0 Å². The molecular formula is C19H35IN4OS. The van der Waals surface area contributed by atoms with Crippen LogP contribution in [0, 0.1) is 5.92 Å². The van der Waals surface area contributed by atoms with Crippen molar-refractivity contribution in [2.75, 3.05) is 46.4 Å². The van der Waals surface area contributed by atoms with Crippen LogP contribution in [0.2, 0.25) is 0 Å². The van der Waals surface area contributed by atoms with Crippen LogP contribution in [0.25, 0.3) is 0 Å². The third-order valence-electron chi connectivity index (χ3n) is 4.68. The predicted molar refractivity (Wildman–Crippen MR) is 123 cm³/mol. The Kier molecular flexibility index (Phi) is 12.5. The maximum absolute atomic E-state index is 5.67. The highest BCUT2D eigenvalue weighted by molar-refractivity contribution is 14.0. The van der Waals surface area contributed by atoms with Crippen LogP contribution in [-0.4, -0.2) is 57.3 Å². The summed E-state index contributed by atoms with van der Waals surface area (Å²) in [5, 5.41) is 11.3. The summed E-state index contributed by atoms with van der Waals surface area (Å²) in [6, 6.07) is 2.60. The molecule has 0 aromatic carbocycles. The third-order valence-corrected chi connectivity index (χ3v) is 5.38. The first kappa shape index (κ1) is 23.7. The van der Waals surface area contributed by atoms with Crippen LogP contribution in [0.15, 0.2) is 21.8 Å². The lowest BCUT2D eigenvalue weighted by Gasteiger charge is -2.30. The number of hydrogen-bond acceptors (Lipinski definition) is 4. The zero-order valence-corrected chi connectivity index (χ0v) is 19.5. The molecule has 150 valence electrons. The smallest absolute Gasteiger partial charge is 0.191 e. The summed E-state index contributed by atoms with van der Waals surface area (Å²) >= 11 is 1.76. The molecule has 26 heavy (non-hydrogen) atoms. The number of rotatable bonds is 12. The standard InChI is InChI=1S/C19H34N4OS.HI/c1-4-23(5-2)18(17-9-12-25-15-17)13-22-19(20-3)21-10-6-11-24-14-16-7-8-16;/h9,12,15-16,18H,4-8,10-11,13-14H2,1-3H3,(H2,20,21,22);1H. The fraction of sp³-hybridized carbons (Fsp3) is 0.737. The average molecular weight is 494 g/mol. The molecule has 1 fully saturated rings. The molecule has 1 aliphatic carbocycles. The Hall–Kier alpha value is -0.380. The van der Waals surface area contributed by atoms with Crippen molar-refractivity contribution in [3.8, 4) is 0 Å². The van der Waals surface area contributed by atoms with Gasteiger partial charge in [-0.2, -0.15) is 11.3 Å². The lowest BCUT2D eigenvalue weighted by atomic mass is 10.1. The SMILES string of the molecule is CCN(CC)C(CNC(=NC)NCCCOCC1CC1)c1ccsc1.I. The minimum absolute atomic E-state index is 0. The van der Waals surface area contributed by atoms with Crippen molar-refractivity contribution in [2.24, 2.45) is 10.9 Å². The first-order valence-corrected chi connectivity index (χ1v) is 10.5. The van der Waals surface area contributed by atoms with Gasteiger partial charge in [0.15, 0.2) is 5.96 Å². The number of halogens is 1. The number of nitrogens with zero attached hydrogens (tertiary/aromatic N) is 2. The van der Waals surface area contributed by atoms with Gasteiger partial charge >= 0.3 is 0 Å². The summed E-state index contributed by atoms with van der Waals surface area (Å²) in [6.07, 6.45) is 3.72. The number of ether oxygens (including phenoxy) is 1. The molecule has 0 bridgehead atoms. The Morgan fingerprint density at radius 3 is 2.69 bits per heavy atom. The minimum atomic E-state index is 0. The van der Waals surface area contributed by atoms with Gasteiger partial charge in [-0.1, -0.05) is 13.8 Å². The molecular weight excluding hydrogens is 459 g/mol. The minimum Gasteiger partial charge on any atom is -0.381 e. The fourth-order valence-electron chi connectivity index (χ4n) is 2.92. The van der Waals surface area contributed by atoms with Crippen molar-refractivity contribution >= 4 is 41.3 Å². The molecule has 1 unspecified atom stereocenters. The molecule has 1 atom stereocenters. The summed E-state index contributed by atoms with van der Waals surface area (Å²) < 4.78 is 5.67. The number of likely N-dealkylation sites (N-methyl/N-ethyl adjacent to an activating group) is 1. The number of thiophene rings is 1. The van der Waals surface area contributed by atoms with Gasteiger partial charge in [0.25, 0.3) is 0 Å². The van der Waals surface area contributed by atoms with E-state index in [0.29, 0.717) is 6.04 Å². The van der Waals surface area contributed by atoms with Crippen LogP contribution in [-0.2, 0) is 4.74 Å². The largest absolute Gasteiger partial charge is 0.381 e. The normalized spacial score (nSPS) is 15.6. The molecule has 2 rings (SSSR count). The molecule has 1 aromatic rings. The lowest BCUT2D eigenvalue weighted by molar-refractivity contribution is 0.123. The van der Waals surface area contributed by atoms with Crippen molar-refractivity contribution in [2.45, 2.75) is 39.2 Å². The van der Waals surface area contributed by atoms with Gasteiger partial charge in [-0.15, -0.1) is 24.0 Å². The second kappa shape index (κ2) is 13.7. The topological polar surface area (TPSA) is 48.9 Å². The summed E-state index contributed by atoms with van der Waals surface area (Å²) in [6.45, 7) is 10.0. The zero-order valence-electron chi connectivity index (χ0n) is 16.4. The molecule has 5 nitrogen and oxygen atoms in total. The molecule has 0 aliphatic heterocycles. The van der Waals surface area contributed by atoms with Gasteiger partial charge in [0.1, 0.15) is 0 Å². The fourth-order valence-corrected chi connectivity index (χ4v) is 3.62. The zero-order chi connectivity index (χ0) is 17.9. The van der Waals surface area contributed by atoms with E-state index in [-0.39, 0.29) is 24.0 Å². The van der Waals surface area contributed by atoms with Gasteiger partial charge < -0.3 is 15.4 Å². The molecule has 0 amide bonds. The van der Waals surface area contributed by atoms with Crippen LogP contribution < -0.4 is 10.6 Å². The van der Waals surface area contributed by atoms with Gasteiger partial charge in [-0.05, 0) is 60.7 Å². The van der Waals surface area contributed by atoms with Crippen molar-refractivity contribution in [3.05, 3.63) is 22.4 Å². The van der Waals surface area contributed by atoms with E-state index < -0.39 is 0 Å². The number of guanidine groups is 1. The maximum Gasteiger partial charge on any atom is 0.191 e. The number of nitrogens with one attached hydrogen (secondary N) is 2. The van der Waals surface area contributed by atoms with Crippen LogP contribution in [0.4, 0.5) is 0 Å². The monoisotopic (exact) mass is 494 g/mol. The van der Waals surface area contributed by atoms with Crippen molar-refractivity contribution < 1.29 is 4.74 Å². The molecule has 0 radical (unpaired) electrons. The van der Waals surface area contributed by atoms with Gasteiger partial charge in [0, 0.05) is 33.4 Å². The molecule has 1 saturated carbocycles. The summed E-state index contributed by atoms with van der Waals surface area (Å²) in [5.74, 6) is 1.71. The average Bonchev–Trinajstić information content (AvgIpc) is 3.30. The third kappa shape index (κ3) is 8.54. The van der Waals surface area contributed by atoms with Crippen LogP contribution in [0.5, 0.6) is 0 Å². The second-order valence-corrected chi connectivity index (χ2v) is 7.33. The Morgan fingerprint density at radius 1 is 1.35 bits per heavy atom. The van der Waals surface area contributed by atoms with E-state index in [0.717, 1.165) is 57.7 Å². The summed E-state index contributed by atoms with van der Waals surface area (Å²) in [5.41, 5.74) is 1.38. The molecule has 0 saturated heterocycles. The van der Waals surface area contributed by atoms with Crippen LogP contribution in [0.1, 0.15) is 44.7 Å². The predicted octanol–water partition coefficient (Wildman–Crippen LogP) is 3.73. The highest BCUT2D eigenvalue weighted by Gasteiger charge is 2.21. The van der Waals surface area contributed by atoms with Gasteiger partial charge in [-0.25, -0.2) is 0 Å². The molecule has 1 aromatic heterocycles. The molecule has 1 heterocycles. The first-order chi connectivity index (χ1) is 12.3. The number of hydrogen-bond donors (Lipinski definition) is 2. The van der Waals surface area contributed by atoms with E-state index in [1.165, 1.54) is 18.4 Å². The maximum atomic E-state index is 5.67. The Balaban J connectivity index is 0.00000338. The lowest BCUT2D eigenvalue weighted by Crippen LogP contribution is -2.43. The quantitative estimate of drug-likeness (QED) is 0.201. The molecule has 2 N–H and O–H groups in total. The van der Waals surface area contributed by atoms with E-state index in [1.807, 2.05) is 7.05 Å². The summed E-state index contributed by atoms with van der Waals surface area (Å²) in [7, 11) is 1.83. The second-order valence-electron chi connectivity index (χ2n) is 6.55. The molecule has 1 aliphatic rings. The van der Waals surface area contributed by atoms with Crippen LogP contribution in [0.3, 0.4) is 0 Å². The van der Waals surface area contributed by atoms with Crippen LogP contribution >= 0.6 is 35.3 Å². The van der Waals surface area contributed by atoms with Gasteiger partial charge in [0.05, 0.1) is 6.04 Å². The highest BCUT2D eigenvalue weighted by Crippen LogP contribution is 2.28. The number of aliphatic imine (C=N–C) groups is 1. The summed E-state index contributed by atoms with van der Waals surface area (Å²) in [4.78, 5) is 6.83. The Labute approximate surface area is 180 Å². The van der Waals surface area contributed by atoms with E-state index in [9.17, 15) is 0 Å². The van der Waals surface area contributed by atoms with Crippen molar-refractivity contribution in [3.63, 3.8) is 0 Å². The molecule has 7 heteroatoms. The van der Waals surface area contributed by atoms with E-state index in [4.69, 9.17) is 4.74 Å². The van der Waals surface area contributed by atoms with Crippen molar-refractivity contribution in [1.82, 2.24) is 15.5 Å². The first-order valence-electron chi connectivity index (χ1n) is 9.56. The highest BCUT2D eigenvalue weighted by atomic mass is 127.